The van der Waals surface area contributed by atoms with Crippen molar-refractivity contribution in [3.05, 3.63) is 92.1 Å². The van der Waals surface area contributed by atoms with Crippen LogP contribution in [0.5, 0.6) is 11.5 Å². The summed E-state index contributed by atoms with van der Waals surface area (Å²) in [6.07, 6.45) is 1.80. The second kappa shape index (κ2) is 10.0. The quantitative estimate of drug-likeness (QED) is 0.192. The highest BCUT2D eigenvalue weighted by Gasteiger charge is 2.33. The fourth-order valence-electron chi connectivity index (χ4n) is 3.12. The van der Waals surface area contributed by atoms with E-state index in [1.165, 1.54) is 28.8 Å². The number of halogens is 2. The molecule has 8 heteroatoms. The van der Waals surface area contributed by atoms with Crippen LogP contribution in [-0.4, -0.2) is 17.3 Å². The Hall–Kier alpha value is -2.43. The van der Waals surface area contributed by atoms with Crippen molar-refractivity contribution in [2.45, 2.75) is 6.61 Å². The number of carbonyl (C=O) groups is 1. The minimum absolute atomic E-state index is 0.156. The van der Waals surface area contributed by atoms with Crippen LogP contribution in [0.15, 0.2) is 71.6 Å². The van der Waals surface area contributed by atoms with E-state index in [2.05, 4.69) is 22.6 Å². The molecule has 0 saturated carbocycles. The molecule has 1 heterocycles. The average Bonchev–Trinajstić information content (AvgIpc) is 3.07. The summed E-state index contributed by atoms with van der Waals surface area (Å²) in [6, 6.07) is 19.2. The first-order valence-corrected chi connectivity index (χ1v) is 11.8. The number of carbonyl (C=O) groups excluding carboxylic acids is 1. The summed E-state index contributed by atoms with van der Waals surface area (Å²) in [5, 5.41) is 0. The summed E-state index contributed by atoms with van der Waals surface area (Å²) in [5.74, 6) is 0.690. The molecule has 4 nitrogen and oxygen atoms in total. The zero-order chi connectivity index (χ0) is 22.7. The fraction of sp³-hybridized carbons (Fsp3) is 0.0833. The molecule has 4 rings (SSSR count). The molecule has 3 aromatic carbocycles. The molecule has 162 valence electrons. The Balaban J connectivity index is 1.57. The Morgan fingerprint density at radius 1 is 1.12 bits per heavy atom. The highest BCUT2D eigenvalue weighted by molar-refractivity contribution is 14.1. The van der Waals surface area contributed by atoms with E-state index in [0.717, 1.165) is 20.4 Å². The summed E-state index contributed by atoms with van der Waals surface area (Å²) in [7, 11) is 1.56. The molecule has 3 aromatic rings. The minimum Gasteiger partial charge on any atom is -0.493 e. The van der Waals surface area contributed by atoms with Gasteiger partial charge in [-0.3, -0.25) is 9.69 Å². The monoisotopic (exact) mass is 577 g/mol. The molecule has 0 unspecified atom stereocenters. The van der Waals surface area contributed by atoms with Gasteiger partial charge in [0, 0.05) is 0 Å². The number of amides is 1. The maximum absolute atomic E-state index is 13.1. The molecule has 0 aliphatic carbocycles. The first kappa shape index (κ1) is 22.8. The first-order chi connectivity index (χ1) is 15.5. The van der Waals surface area contributed by atoms with Gasteiger partial charge in [0.05, 0.1) is 21.3 Å². The van der Waals surface area contributed by atoms with Gasteiger partial charge in [-0.25, -0.2) is 4.39 Å². The van der Waals surface area contributed by atoms with Gasteiger partial charge >= 0.3 is 0 Å². The number of thiocarbonyl (C=S) groups is 1. The van der Waals surface area contributed by atoms with Gasteiger partial charge in [-0.15, -0.1) is 0 Å². The third-order valence-electron chi connectivity index (χ3n) is 4.65. The zero-order valence-electron chi connectivity index (χ0n) is 16.9. The predicted octanol–water partition coefficient (Wildman–Crippen LogP) is 6.42. The summed E-state index contributed by atoms with van der Waals surface area (Å²) in [5.41, 5.74) is 2.39. The molecular weight excluding hydrogens is 560 g/mol. The van der Waals surface area contributed by atoms with Crippen molar-refractivity contribution in [2.75, 3.05) is 12.0 Å². The van der Waals surface area contributed by atoms with Gasteiger partial charge in [0.15, 0.2) is 15.8 Å². The van der Waals surface area contributed by atoms with Gasteiger partial charge in [0.2, 0.25) is 0 Å². The number of thioether (sulfide) groups is 1. The van der Waals surface area contributed by atoms with Gasteiger partial charge in [-0.1, -0.05) is 54.3 Å². The molecule has 0 radical (unpaired) electrons. The minimum atomic E-state index is -0.289. The predicted molar refractivity (Wildman–Crippen MR) is 139 cm³/mol. The number of ether oxygens (including phenoxy) is 2. The number of nitrogens with zero attached hydrogens (tertiary/aromatic N) is 1. The van der Waals surface area contributed by atoms with Gasteiger partial charge in [0.25, 0.3) is 5.91 Å². The van der Waals surface area contributed by atoms with Gasteiger partial charge in [-0.2, -0.15) is 0 Å². The van der Waals surface area contributed by atoms with Crippen LogP contribution in [0.3, 0.4) is 0 Å². The van der Waals surface area contributed by atoms with Crippen LogP contribution in [-0.2, 0) is 11.4 Å². The van der Waals surface area contributed by atoms with Crippen LogP contribution in [0, 0.1) is 9.39 Å². The number of para-hydroxylation sites is 1. The van der Waals surface area contributed by atoms with E-state index in [4.69, 9.17) is 21.7 Å². The van der Waals surface area contributed by atoms with Gasteiger partial charge < -0.3 is 9.47 Å². The van der Waals surface area contributed by atoms with E-state index in [9.17, 15) is 9.18 Å². The molecule has 1 fully saturated rings. The fourth-order valence-corrected chi connectivity index (χ4v) is 5.20. The number of benzene rings is 3. The second-order valence-corrected chi connectivity index (χ2v) is 9.64. The summed E-state index contributed by atoms with van der Waals surface area (Å²) in [4.78, 5) is 15.0. The lowest BCUT2D eigenvalue weighted by molar-refractivity contribution is -0.113. The highest BCUT2D eigenvalue weighted by Crippen LogP contribution is 2.39. The van der Waals surface area contributed by atoms with Crippen LogP contribution in [0.1, 0.15) is 11.1 Å². The normalized spacial score (nSPS) is 14.8. The number of hydrogen-bond donors (Lipinski definition) is 0. The Morgan fingerprint density at radius 3 is 2.53 bits per heavy atom. The number of rotatable bonds is 6. The van der Waals surface area contributed by atoms with E-state index >= 15 is 0 Å². The molecule has 0 spiro atoms. The largest absolute Gasteiger partial charge is 0.493 e. The van der Waals surface area contributed by atoms with Crippen molar-refractivity contribution in [1.29, 1.82) is 0 Å². The highest BCUT2D eigenvalue weighted by atomic mass is 127. The second-order valence-electron chi connectivity index (χ2n) is 6.80. The molecule has 1 aliphatic rings. The van der Waals surface area contributed by atoms with E-state index in [0.29, 0.717) is 20.7 Å². The number of methoxy groups -OCH3 is 1. The summed E-state index contributed by atoms with van der Waals surface area (Å²) < 4.78 is 25.9. The molecule has 1 aliphatic heterocycles. The Morgan fingerprint density at radius 2 is 1.84 bits per heavy atom. The topological polar surface area (TPSA) is 38.8 Å². The molecule has 0 atom stereocenters. The maximum atomic E-state index is 13.1. The van der Waals surface area contributed by atoms with E-state index in [1.807, 2.05) is 42.5 Å². The number of anilines is 1. The molecular formula is C24H17FINO3S2. The lowest BCUT2D eigenvalue weighted by Gasteiger charge is -2.14. The zero-order valence-corrected chi connectivity index (χ0v) is 20.7. The summed E-state index contributed by atoms with van der Waals surface area (Å²) in [6.45, 7) is 0.279. The van der Waals surface area contributed by atoms with Crippen LogP contribution in [0.25, 0.3) is 6.08 Å². The van der Waals surface area contributed by atoms with Crippen molar-refractivity contribution in [2.24, 2.45) is 0 Å². The number of hydrogen-bond acceptors (Lipinski definition) is 5. The Kier molecular flexibility index (Phi) is 7.12. The van der Waals surface area contributed by atoms with Crippen molar-refractivity contribution in [1.82, 2.24) is 0 Å². The van der Waals surface area contributed by atoms with E-state index < -0.39 is 0 Å². The van der Waals surface area contributed by atoms with Crippen molar-refractivity contribution >= 4 is 68.6 Å². The molecule has 0 aromatic heterocycles. The molecule has 32 heavy (non-hydrogen) atoms. The van der Waals surface area contributed by atoms with Crippen molar-refractivity contribution in [3.63, 3.8) is 0 Å². The molecule has 1 saturated heterocycles. The van der Waals surface area contributed by atoms with Crippen LogP contribution in [0.2, 0.25) is 0 Å². The maximum Gasteiger partial charge on any atom is 0.270 e. The lowest BCUT2D eigenvalue weighted by atomic mass is 10.1. The van der Waals surface area contributed by atoms with Crippen LogP contribution < -0.4 is 14.4 Å². The van der Waals surface area contributed by atoms with Crippen molar-refractivity contribution in [3.8, 4) is 11.5 Å². The van der Waals surface area contributed by atoms with E-state index in [1.54, 1.807) is 25.3 Å². The van der Waals surface area contributed by atoms with Gasteiger partial charge in [-0.05, 0) is 76.2 Å². The molecule has 0 N–H and O–H groups in total. The Bertz CT molecular complexity index is 1200. The van der Waals surface area contributed by atoms with Crippen LogP contribution >= 0.6 is 46.6 Å². The standard InChI is InChI=1S/C24H17FINO3S2/c1-29-20-12-16(11-19(26)22(20)30-14-15-7-9-17(25)10-8-15)13-21-23(28)27(24(31)32-21)18-5-3-2-4-6-18/h2-13H,14H2,1H3/b21-13+. The Labute approximate surface area is 208 Å². The first-order valence-electron chi connectivity index (χ1n) is 9.54. The lowest BCUT2D eigenvalue weighted by Crippen LogP contribution is -2.27. The third kappa shape index (κ3) is 4.97. The smallest absolute Gasteiger partial charge is 0.270 e. The molecule has 1 amide bonds. The van der Waals surface area contributed by atoms with Crippen LogP contribution in [0.4, 0.5) is 10.1 Å². The van der Waals surface area contributed by atoms with E-state index in [-0.39, 0.29) is 18.3 Å². The average molecular weight is 577 g/mol. The SMILES string of the molecule is COc1cc(/C=C2/SC(=S)N(c3ccccc3)C2=O)cc(I)c1OCc1ccc(F)cc1. The van der Waals surface area contributed by atoms with Gasteiger partial charge in [0.1, 0.15) is 12.4 Å². The third-order valence-corrected chi connectivity index (χ3v) is 6.76. The molecule has 0 bridgehead atoms. The summed E-state index contributed by atoms with van der Waals surface area (Å²) >= 11 is 8.87. The van der Waals surface area contributed by atoms with Crippen molar-refractivity contribution < 1.29 is 18.7 Å².